The summed E-state index contributed by atoms with van der Waals surface area (Å²) in [5, 5.41) is 8.18. The molecule has 82 valence electrons. The SMILES string of the molecule is CC(CCC(=O)O)C1CCCS1(=O)=O. The van der Waals surface area contributed by atoms with E-state index in [1.165, 1.54) is 0 Å². The molecule has 0 saturated carbocycles. The van der Waals surface area contributed by atoms with Gasteiger partial charge in [-0.15, -0.1) is 0 Å². The largest absolute Gasteiger partial charge is 0.481 e. The maximum Gasteiger partial charge on any atom is 0.303 e. The van der Waals surface area contributed by atoms with Crippen LogP contribution in [-0.4, -0.2) is 30.5 Å². The smallest absolute Gasteiger partial charge is 0.303 e. The van der Waals surface area contributed by atoms with Crippen molar-refractivity contribution in [3.05, 3.63) is 0 Å². The van der Waals surface area contributed by atoms with E-state index in [1.807, 2.05) is 6.92 Å². The highest BCUT2D eigenvalue weighted by atomic mass is 32.2. The van der Waals surface area contributed by atoms with Gasteiger partial charge in [0.2, 0.25) is 0 Å². The molecule has 14 heavy (non-hydrogen) atoms. The van der Waals surface area contributed by atoms with E-state index in [2.05, 4.69) is 0 Å². The fourth-order valence-electron chi connectivity index (χ4n) is 1.99. The number of carbonyl (C=O) groups is 1. The summed E-state index contributed by atoms with van der Waals surface area (Å²) >= 11 is 0. The third-order valence-corrected chi connectivity index (χ3v) is 5.31. The Bertz CT molecular complexity index is 307. The lowest BCUT2D eigenvalue weighted by Gasteiger charge is -2.16. The molecule has 1 rings (SSSR count). The summed E-state index contributed by atoms with van der Waals surface area (Å²) in [6.07, 6.45) is 1.94. The van der Waals surface area contributed by atoms with Gasteiger partial charge < -0.3 is 5.11 Å². The average Bonchev–Trinajstić information content (AvgIpc) is 2.41. The molecule has 0 aromatic carbocycles. The molecule has 1 N–H and O–H groups in total. The highest BCUT2D eigenvalue weighted by Gasteiger charge is 2.35. The minimum absolute atomic E-state index is 0.0291. The van der Waals surface area contributed by atoms with Gasteiger partial charge in [0.15, 0.2) is 9.84 Å². The topological polar surface area (TPSA) is 71.4 Å². The fourth-order valence-corrected chi connectivity index (χ4v) is 4.23. The summed E-state index contributed by atoms with van der Waals surface area (Å²) < 4.78 is 23.0. The van der Waals surface area contributed by atoms with Crippen molar-refractivity contribution in [2.24, 2.45) is 5.92 Å². The Balaban J connectivity index is 2.52. The van der Waals surface area contributed by atoms with Gasteiger partial charge in [0.05, 0.1) is 11.0 Å². The molecular weight excluding hydrogens is 204 g/mol. The quantitative estimate of drug-likeness (QED) is 0.769. The Hall–Kier alpha value is -0.580. The van der Waals surface area contributed by atoms with Gasteiger partial charge in [0, 0.05) is 6.42 Å². The van der Waals surface area contributed by atoms with Gasteiger partial charge in [-0.25, -0.2) is 8.42 Å². The molecule has 0 aromatic rings. The van der Waals surface area contributed by atoms with Crippen molar-refractivity contribution in [2.75, 3.05) is 5.75 Å². The zero-order chi connectivity index (χ0) is 10.8. The van der Waals surface area contributed by atoms with Gasteiger partial charge in [-0.3, -0.25) is 4.79 Å². The number of hydrogen-bond acceptors (Lipinski definition) is 3. The zero-order valence-electron chi connectivity index (χ0n) is 8.27. The average molecular weight is 220 g/mol. The van der Waals surface area contributed by atoms with Crippen LogP contribution in [0.15, 0.2) is 0 Å². The molecule has 0 aliphatic carbocycles. The van der Waals surface area contributed by atoms with Crippen LogP contribution in [0.4, 0.5) is 0 Å². The van der Waals surface area contributed by atoms with E-state index < -0.39 is 15.8 Å². The molecule has 1 saturated heterocycles. The molecule has 2 unspecified atom stereocenters. The number of rotatable bonds is 4. The van der Waals surface area contributed by atoms with Crippen LogP contribution in [0, 0.1) is 5.92 Å². The molecule has 0 radical (unpaired) electrons. The maximum atomic E-state index is 11.5. The monoisotopic (exact) mass is 220 g/mol. The van der Waals surface area contributed by atoms with E-state index in [-0.39, 0.29) is 23.3 Å². The van der Waals surface area contributed by atoms with Crippen molar-refractivity contribution in [1.82, 2.24) is 0 Å². The van der Waals surface area contributed by atoms with Gasteiger partial charge in [-0.05, 0) is 25.2 Å². The van der Waals surface area contributed by atoms with Crippen molar-refractivity contribution in [2.45, 2.75) is 37.9 Å². The number of aliphatic carboxylic acids is 1. The van der Waals surface area contributed by atoms with E-state index in [4.69, 9.17) is 5.11 Å². The summed E-state index contributed by atoms with van der Waals surface area (Å²) in [5.74, 6) is -0.611. The third-order valence-electron chi connectivity index (χ3n) is 2.83. The first-order valence-electron chi connectivity index (χ1n) is 4.87. The van der Waals surface area contributed by atoms with Crippen LogP contribution in [0.1, 0.15) is 32.6 Å². The van der Waals surface area contributed by atoms with Crippen molar-refractivity contribution in [1.29, 1.82) is 0 Å². The number of sulfone groups is 1. The predicted octanol–water partition coefficient (Wildman–Crippen LogP) is 1.06. The highest BCUT2D eigenvalue weighted by molar-refractivity contribution is 7.92. The normalized spacial score (nSPS) is 27.4. The highest BCUT2D eigenvalue weighted by Crippen LogP contribution is 2.28. The molecule has 0 aromatic heterocycles. The summed E-state index contributed by atoms with van der Waals surface area (Å²) in [6, 6.07) is 0. The van der Waals surface area contributed by atoms with Gasteiger partial charge in [-0.1, -0.05) is 6.92 Å². The molecule has 1 aliphatic heterocycles. The number of hydrogen-bond donors (Lipinski definition) is 1. The van der Waals surface area contributed by atoms with E-state index in [0.717, 1.165) is 6.42 Å². The Morgan fingerprint density at radius 2 is 2.21 bits per heavy atom. The van der Waals surface area contributed by atoms with Gasteiger partial charge in [-0.2, -0.15) is 0 Å². The number of carboxylic acids is 1. The van der Waals surface area contributed by atoms with E-state index in [1.54, 1.807) is 0 Å². The summed E-state index contributed by atoms with van der Waals surface area (Å²) in [5.41, 5.74) is 0. The second-order valence-electron chi connectivity index (χ2n) is 3.96. The Morgan fingerprint density at radius 3 is 2.64 bits per heavy atom. The fraction of sp³-hybridized carbons (Fsp3) is 0.889. The molecule has 0 amide bonds. The molecular formula is C9H16O4S. The minimum atomic E-state index is -2.93. The summed E-state index contributed by atoms with van der Waals surface area (Å²) in [6.45, 7) is 1.83. The molecule has 5 heteroatoms. The maximum absolute atomic E-state index is 11.5. The van der Waals surface area contributed by atoms with Crippen molar-refractivity contribution in [3.63, 3.8) is 0 Å². The van der Waals surface area contributed by atoms with E-state index >= 15 is 0 Å². The van der Waals surface area contributed by atoms with E-state index in [0.29, 0.717) is 12.8 Å². The molecule has 0 bridgehead atoms. The molecule has 2 atom stereocenters. The van der Waals surface area contributed by atoms with Crippen LogP contribution in [-0.2, 0) is 14.6 Å². The number of carboxylic acid groups (broad SMARTS) is 1. The van der Waals surface area contributed by atoms with Crippen LogP contribution in [0.25, 0.3) is 0 Å². The summed E-state index contributed by atoms with van der Waals surface area (Å²) in [7, 11) is -2.93. The van der Waals surface area contributed by atoms with E-state index in [9.17, 15) is 13.2 Å². The Morgan fingerprint density at radius 1 is 1.57 bits per heavy atom. The second-order valence-corrected chi connectivity index (χ2v) is 6.30. The Labute approximate surface area is 84.2 Å². The second kappa shape index (κ2) is 4.29. The van der Waals surface area contributed by atoms with Crippen LogP contribution < -0.4 is 0 Å². The van der Waals surface area contributed by atoms with Crippen LogP contribution >= 0.6 is 0 Å². The van der Waals surface area contributed by atoms with Crippen molar-refractivity contribution in [3.8, 4) is 0 Å². The first-order chi connectivity index (χ1) is 6.43. The van der Waals surface area contributed by atoms with Crippen LogP contribution in [0.3, 0.4) is 0 Å². The molecule has 1 fully saturated rings. The lowest BCUT2D eigenvalue weighted by atomic mass is 9.99. The lowest BCUT2D eigenvalue weighted by Crippen LogP contribution is -2.24. The lowest BCUT2D eigenvalue weighted by molar-refractivity contribution is -0.137. The zero-order valence-corrected chi connectivity index (χ0v) is 9.09. The Kier molecular flexibility index (Phi) is 3.53. The molecule has 0 spiro atoms. The van der Waals surface area contributed by atoms with Gasteiger partial charge >= 0.3 is 5.97 Å². The molecule has 4 nitrogen and oxygen atoms in total. The van der Waals surface area contributed by atoms with Crippen molar-refractivity contribution >= 4 is 15.8 Å². The molecule has 1 aliphatic rings. The van der Waals surface area contributed by atoms with Gasteiger partial charge in [0.1, 0.15) is 0 Å². The predicted molar refractivity (Wildman–Crippen MR) is 52.8 cm³/mol. The first-order valence-corrected chi connectivity index (χ1v) is 6.58. The summed E-state index contributed by atoms with van der Waals surface area (Å²) in [4.78, 5) is 10.3. The first kappa shape index (κ1) is 11.5. The standard InChI is InChI=1S/C9H16O4S/c1-7(4-5-9(10)11)8-3-2-6-14(8,12)13/h7-8H,2-6H2,1H3,(H,10,11). The van der Waals surface area contributed by atoms with Crippen LogP contribution in [0.2, 0.25) is 0 Å². The van der Waals surface area contributed by atoms with Crippen molar-refractivity contribution < 1.29 is 18.3 Å². The van der Waals surface area contributed by atoms with Gasteiger partial charge in [0.25, 0.3) is 0 Å². The third kappa shape index (κ3) is 2.70. The van der Waals surface area contributed by atoms with Crippen LogP contribution in [0.5, 0.6) is 0 Å². The minimum Gasteiger partial charge on any atom is -0.481 e. The molecule has 1 heterocycles.